The molecule has 1 aromatic carbocycles. The van der Waals surface area contributed by atoms with E-state index in [9.17, 15) is 8.42 Å². The molecule has 3 rings (SSSR count). The highest BCUT2D eigenvalue weighted by Crippen LogP contribution is 2.31. The Hall–Kier alpha value is -1.62. The summed E-state index contributed by atoms with van der Waals surface area (Å²) in [7, 11) is -3.30. The third-order valence-electron chi connectivity index (χ3n) is 4.66. The van der Waals surface area contributed by atoms with Crippen molar-refractivity contribution in [2.45, 2.75) is 51.0 Å². The lowest BCUT2D eigenvalue weighted by Crippen LogP contribution is -2.14. The summed E-state index contributed by atoms with van der Waals surface area (Å²) in [5.74, 6) is 0.564. The number of aromatic nitrogens is 1. The average molecular weight is 319 g/mol. The number of fused-ring (bicyclic) bond motifs is 1. The maximum atomic E-state index is 12.7. The Bertz CT molecular complexity index is 786. The van der Waals surface area contributed by atoms with Crippen LogP contribution in [0.3, 0.4) is 0 Å². The lowest BCUT2D eigenvalue weighted by molar-refractivity contribution is 0.392. The van der Waals surface area contributed by atoms with Crippen molar-refractivity contribution in [1.29, 1.82) is 0 Å². The van der Waals surface area contributed by atoms with E-state index < -0.39 is 15.1 Å². The molecule has 1 aromatic heterocycles. The summed E-state index contributed by atoms with van der Waals surface area (Å²) in [5.41, 5.74) is 4.89. The predicted octanol–water partition coefficient (Wildman–Crippen LogP) is 3.46. The SMILES string of the molecule is Cc1noc(C)c1CS(=O)(=O)C(C)c1ccc2c(c1)CCC2. The van der Waals surface area contributed by atoms with Gasteiger partial charge in [-0.3, -0.25) is 0 Å². The van der Waals surface area contributed by atoms with Gasteiger partial charge in [-0.15, -0.1) is 0 Å². The summed E-state index contributed by atoms with van der Waals surface area (Å²) in [6, 6.07) is 6.11. The van der Waals surface area contributed by atoms with Crippen LogP contribution >= 0.6 is 0 Å². The first-order chi connectivity index (χ1) is 10.4. The van der Waals surface area contributed by atoms with Crippen molar-refractivity contribution >= 4 is 9.84 Å². The Morgan fingerprint density at radius 2 is 1.95 bits per heavy atom. The van der Waals surface area contributed by atoms with Crippen LogP contribution in [0.15, 0.2) is 22.7 Å². The highest BCUT2D eigenvalue weighted by molar-refractivity contribution is 7.90. The monoisotopic (exact) mass is 319 g/mol. The van der Waals surface area contributed by atoms with Gasteiger partial charge in [-0.05, 0) is 56.7 Å². The number of rotatable bonds is 4. The normalized spacial score (nSPS) is 15.8. The van der Waals surface area contributed by atoms with Gasteiger partial charge in [0.15, 0.2) is 9.84 Å². The molecule has 1 atom stereocenters. The Labute approximate surface area is 131 Å². The largest absolute Gasteiger partial charge is 0.361 e. The molecule has 0 aliphatic heterocycles. The molecule has 118 valence electrons. The minimum Gasteiger partial charge on any atom is -0.361 e. The van der Waals surface area contributed by atoms with Crippen molar-refractivity contribution in [3.05, 3.63) is 51.9 Å². The molecule has 5 heteroatoms. The van der Waals surface area contributed by atoms with Crippen LogP contribution in [-0.2, 0) is 28.4 Å². The number of sulfone groups is 1. The van der Waals surface area contributed by atoms with Gasteiger partial charge in [0, 0.05) is 5.56 Å². The molecule has 1 aliphatic rings. The minimum absolute atomic E-state index is 0.0214. The van der Waals surface area contributed by atoms with Gasteiger partial charge < -0.3 is 4.52 Å². The van der Waals surface area contributed by atoms with Crippen molar-refractivity contribution in [2.24, 2.45) is 0 Å². The van der Waals surface area contributed by atoms with E-state index >= 15 is 0 Å². The lowest BCUT2D eigenvalue weighted by Gasteiger charge is -2.14. The second kappa shape index (κ2) is 5.54. The van der Waals surface area contributed by atoms with Crippen molar-refractivity contribution < 1.29 is 12.9 Å². The Morgan fingerprint density at radius 3 is 2.64 bits per heavy atom. The number of benzene rings is 1. The molecular formula is C17H21NO3S. The Kier molecular flexibility index (Phi) is 3.85. The zero-order valence-corrected chi connectivity index (χ0v) is 14.0. The Morgan fingerprint density at radius 1 is 1.23 bits per heavy atom. The summed E-state index contributed by atoms with van der Waals surface area (Å²) in [6.45, 7) is 5.30. The van der Waals surface area contributed by atoms with Crippen LogP contribution in [-0.4, -0.2) is 13.6 Å². The van der Waals surface area contributed by atoms with Gasteiger partial charge in [-0.2, -0.15) is 0 Å². The van der Waals surface area contributed by atoms with Gasteiger partial charge in [-0.25, -0.2) is 8.42 Å². The molecule has 4 nitrogen and oxygen atoms in total. The van der Waals surface area contributed by atoms with E-state index in [4.69, 9.17) is 4.52 Å². The highest BCUT2D eigenvalue weighted by Gasteiger charge is 2.27. The number of nitrogens with zero attached hydrogens (tertiary/aromatic N) is 1. The maximum absolute atomic E-state index is 12.7. The third-order valence-corrected chi connectivity index (χ3v) is 6.70. The van der Waals surface area contributed by atoms with Crippen LogP contribution in [0.2, 0.25) is 0 Å². The fourth-order valence-corrected chi connectivity index (χ4v) is 4.71. The van der Waals surface area contributed by atoms with Crippen LogP contribution in [0, 0.1) is 13.8 Å². The summed E-state index contributed by atoms with van der Waals surface area (Å²) >= 11 is 0. The van der Waals surface area contributed by atoms with Gasteiger partial charge >= 0.3 is 0 Å². The van der Waals surface area contributed by atoms with E-state index in [2.05, 4.69) is 17.3 Å². The second-order valence-corrected chi connectivity index (χ2v) is 8.46. The van der Waals surface area contributed by atoms with E-state index in [0.29, 0.717) is 17.0 Å². The molecule has 1 heterocycles. The van der Waals surface area contributed by atoms with Gasteiger partial charge in [0.2, 0.25) is 0 Å². The molecule has 0 saturated heterocycles. The lowest BCUT2D eigenvalue weighted by atomic mass is 10.0. The molecular weight excluding hydrogens is 298 g/mol. The zero-order chi connectivity index (χ0) is 15.9. The van der Waals surface area contributed by atoms with E-state index in [1.165, 1.54) is 17.5 Å². The average Bonchev–Trinajstić information content (AvgIpc) is 3.07. The summed E-state index contributed by atoms with van der Waals surface area (Å²) in [6.07, 6.45) is 3.33. The third kappa shape index (κ3) is 2.70. The molecule has 2 aromatic rings. The molecule has 0 N–H and O–H groups in total. The fraction of sp³-hybridized carbons (Fsp3) is 0.471. The standard InChI is InChI=1S/C17H21NO3S/c1-11-17(12(2)21-18-11)10-22(19,20)13(3)15-8-7-14-5-4-6-16(14)9-15/h7-9,13H,4-6,10H2,1-3H3. The molecule has 22 heavy (non-hydrogen) atoms. The van der Waals surface area contributed by atoms with Gasteiger partial charge in [-0.1, -0.05) is 23.4 Å². The predicted molar refractivity (Wildman–Crippen MR) is 85.5 cm³/mol. The second-order valence-electron chi connectivity index (χ2n) is 6.13. The fourth-order valence-electron chi connectivity index (χ4n) is 3.09. The van der Waals surface area contributed by atoms with E-state index in [-0.39, 0.29) is 5.75 Å². The first kappa shape index (κ1) is 15.3. The molecule has 0 fully saturated rings. The van der Waals surface area contributed by atoms with Crippen LogP contribution in [0.1, 0.15) is 52.3 Å². The minimum atomic E-state index is -3.30. The van der Waals surface area contributed by atoms with Crippen molar-refractivity contribution in [2.75, 3.05) is 0 Å². The van der Waals surface area contributed by atoms with E-state index in [1.54, 1.807) is 20.8 Å². The number of hydrogen-bond acceptors (Lipinski definition) is 4. The zero-order valence-electron chi connectivity index (χ0n) is 13.2. The van der Waals surface area contributed by atoms with Crippen LogP contribution in [0.5, 0.6) is 0 Å². The van der Waals surface area contributed by atoms with Crippen molar-refractivity contribution in [3.63, 3.8) is 0 Å². The quantitative estimate of drug-likeness (QED) is 0.866. The van der Waals surface area contributed by atoms with Crippen molar-refractivity contribution in [1.82, 2.24) is 5.16 Å². The first-order valence-corrected chi connectivity index (χ1v) is 9.35. The highest BCUT2D eigenvalue weighted by atomic mass is 32.2. The van der Waals surface area contributed by atoms with Gasteiger partial charge in [0.1, 0.15) is 5.76 Å². The molecule has 0 saturated carbocycles. The molecule has 0 amide bonds. The maximum Gasteiger partial charge on any atom is 0.161 e. The first-order valence-electron chi connectivity index (χ1n) is 7.63. The molecule has 0 bridgehead atoms. The summed E-state index contributed by atoms with van der Waals surface area (Å²) in [5, 5.41) is 3.32. The molecule has 0 spiro atoms. The van der Waals surface area contributed by atoms with Gasteiger partial charge in [0.05, 0.1) is 16.7 Å². The number of hydrogen-bond donors (Lipinski definition) is 0. The molecule has 1 unspecified atom stereocenters. The van der Waals surface area contributed by atoms with E-state index in [1.807, 2.05) is 6.07 Å². The van der Waals surface area contributed by atoms with Crippen LogP contribution < -0.4 is 0 Å². The Balaban J connectivity index is 1.89. The smallest absolute Gasteiger partial charge is 0.161 e. The summed E-state index contributed by atoms with van der Waals surface area (Å²) in [4.78, 5) is 0. The topological polar surface area (TPSA) is 60.2 Å². The van der Waals surface area contributed by atoms with Crippen LogP contribution in [0.25, 0.3) is 0 Å². The van der Waals surface area contributed by atoms with Crippen LogP contribution in [0.4, 0.5) is 0 Å². The van der Waals surface area contributed by atoms with Gasteiger partial charge in [0.25, 0.3) is 0 Å². The van der Waals surface area contributed by atoms with Crippen molar-refractivity contribution in [3.8, 4) is 0 Å². The summed E-state index contributed by atoms with van der Waals surface area (Å²) < 4.78 is 30.5. The number of aryl methyl sites for hydroxylation is 4. The molecule has 1 aliphatic carbocycles. The van der Waals surface area contributed by atoms with E-state index in [0.717, 1.165) is 18.4 Å². The molecule has 0 radical (unpaired) electrons.